The molecule has 0 radical (unpaired) electrons. The summed E-state index contributed by atoms with van der Waals surface area (Å²) in [5.74, 6) is -1.01. The standard InChI is InChI=1S/C18H26N2O5S.C7H8O3S/c1-17(2,3)24-11(21)8-7-10-9-26-15-12(19)14(22)20(15)13(10)16(23)25-18(4,5)6;1-6-2-4-7(5-3-6)11(8,9)10/h7-8,12,15H,9,19H2,1-6H3;2-5H,1H3,(H,8,9,10)/t12?,15-;/m1./s1. The van der Waals surface area contributed by atoms with Gasteiger partial charge in [0.25, 0.3) is 10.1 Å². The van der Waals surface area contributed by atoms with Crippen molar-refractivity contribution in [3.05, 3.63) is 53.3 Å². The number of nitrogens with two attached hydrogens (primary N) is 1. The smallest absolute Gasteiger partial charge is 0.355 e. The van der Waals surface area contributed by atoms with Crippen molar-refractivity contribution >= 4 is 39.7 Å². The predicted octanol–water partition coefficient (Wildman–Crippen LogP) is 2.96. The lowest BCUT2D eigenvalue weighted by Crippen LogP contribution is -2.68. The second-order valence-electron chi connectivity index (χ2n) is 10.5. The van der Waals surface area contributed by atoms with Crippen molar-refractivity contribution < 1.29 is 36.8 Å². The number of thioether (sulfide) groups is 1. The molecule has 2 atom stereocenters. The van der Waals surface area contributed by atoms with Gasteiger partial charge in [0.15, 0.2) is 0 Å². The number of β-lactam (4-membered cyclic amide) rings is 1. The van der Waals surface area contributed by atoms with Gasteiger partial charge in [0.1, 0.15) is 28.3 Å². The summed E-state index contributed by atoms with van der Waals surface area (Å²) in [6.07, 6.45) is 2.77. The normalized spacial score (nSPS) is 20.0. The summed E-state index contributed by atoms with van der Waals surface area (Å²) < 4.78 is 40.2. The summed E-state index contributed by atoms with van der Waals surface area (Å²) in [7, 11) is -4.02. The highest BCUT2D eigenvalue weighted by atomic mass is 32.2. The van der Waals surface area contributed by atoms with Gasteiger partial charge in [-0.1, -0.05) is 17.7 Å². The van der Waals surface area contributed by atoms with Crippen LogP contribution in [0.25, 0.3) is 0 Å². The summed E-state index contributed by atoms with van der Waals surface area (Å²) >= 11 is 1.45. The number of esters is 2. The van der Waals surface area contributed by atoms with Gasteiger partial charge >= 0.3 is 11.9 Å². The molecule has 1 unspecified atom stereocenters. The number of benzene rings is 1. The summed E-state index contributed by atoms with van der Waals surface area (Å²) in [4.78, 5) is 38.1. The lowest BCUT2D eigenvalue weighted by atomic mass is 10.0. The second-order valence-corrected chi connectivity index (χ2v) is 13.0. The Morgan fingerprint density at radius 2 is 1.62 bits per heavy atom. The third-order valence-electron chi connectivity index (χ3n) is 4.78. The van der Waals surface area contributed by atoms with Crippen LogP contribution in [-0.4, -0.2) is 64.1 Å². The first-order valence-corrected chi connectivity index (χ1v) is 13.9. The zero-order valence-electron chi connectivity index (χ0n) is 22.0. The zero-order chi connectivity index (χ0) is 28.3. The first-order valence-electron chi connectivity index (χ1n) is 11.4. The monoisotopic (exact) mass is 554 g/mol. The van der Waals surface area contributed by atoms with Crippen LogP contribution in [0.3, 0.4) is 0 Å². The first-order chi connectivity index (χ1) is 16.8. The molecule has 3 rings (SSSR count). The highest BCUT2D eigenvalue weighted by Gasteiger charge is 2.52. The zero-order valence-corrected chi connectivity index (χ0v) is 23.6. The highest BCUT2D eigenvalue weighted by molar-refractivity contribution is 8.00. The Balaban J connectivity index is 0.000000364. The number of carbonyl (C=O) groups is 3. The Hall–Kier alpha value is -2.67. The third-order valence-corrected chi connectivity index (χ3v) is 6.97. The molecular weight excluding hydrogens is 520 g/mol. The van der Waals surface area contributed by atoms with Gasteiger partial charge in [-0.15, -0.1) is 11.8 Å². The largest absolute Gasteiger partial charge is 0.457 e. The molecule has 204 valence electrons. The van der Waals surface area contributed by atoms with E-state index in [2.05, 4.69) is 0 Å². The molecule has 2 heterocycles. The van der Waals surface area contributed by atoms with Crippen molar-refractivity contribution in [3.63, 3.8) is 0 Å². The Morgan fingerprint density at radius 1 is 1.08 bits per heavy atom. The molecule has 1 aromatic rings. The average Bonchev–Trinajstić information content (AvgIpc) is 2.74. The van der Waals surface area contributed by atoms with Crippen molar-refractivity contribution in [1.82, 2.24) is 4.90 Å². The van der Waals surface area contributed by atoms with E-state index in [9.17, 15) is 22.8 Å². The van der Waals surface area contributed by atoms with E-state index in [0.717, 1.165) is 5.56 Å². The van der Waals surface area contributed by atoms with Gasteiger partial charge in [-0.2, -0.15) is 8.42 Å². The number of hydrogen-bond acceptors (Lipinski definition) is 9. The van der Waals surface area contributed by atoms with Crippen molar-refractivity contribution in [2.75, 3.05) is 5.75 Å². The van der Waals surface area contributed by atoms with Crippen LogP contribution in [0, 0.1) is 6.92 Å². The van der Waals surface area contributed by atoms with Gasteiger partial charge in [-0.25, -0.2) is 9.59 Å². The topological polar surface area (TPSA) is 153 Å². The minimum atomic E-state index is -4.02. The molecule has 0 aliphatic carbocycles. The van der Waals surface area contributed by atoms with Crippen molar-refractivity contribution in [2.45, 2.75) is 76.0 Å². The lowest BCUT2D eigenvalue weighted by molar-refractivity contribution is -0.158. The molecule has 12 heteroatoms. The molecule has 1 amide bonds. The summed E-state index contributed by atoms with van der Waals surface area (Å²) in [5, 5.41) is -0.288. The number of ether oxygens (including phenoxy) is 2. The van der Waals surface area contributed by atoms with E-state index in [1.807, 2.05) is 6.92 Å². The van der Waals surface area contributed by atoms with Gasteiger partial charge in [0.05, 0.1) is 4.90 Å². The van der Waals surface area contributed by atoms with Crippen molar-refractivity contribution in [2.24, 2.45) is 5.73 Å². The Morgan fingerprint density at radius 3 is 2.11 bits per heavy atom. The number of amides is 1. The Labute approximate surface area is 222 Å². The van der Waals surface area contributed by atoms with E-state index in [1.165, 1.54) is 40.9 Å². The summed E-state index contributed by atoms with van der Waals surface area (Å²) in [6.45, 7) is 12.4. The van der Waals surface area contributed by atoms with Crippen LogP contribution in [0.4, 0.5) is 0 Å². The second kappa shape index (κ2) is 11.4. The molecule has 1 saturated heterocycles. The van der Waals surface area contributed by atoms with Crippen LogP contribution in [0.2, 0.25) is 0 Å². The lowest BCUT2D eigenvalue weighted by Gasteiger charge is -2.48. The molecule has 10 nitrogen and oxygen atoms in total. The quantitative estimate of drug-likeness (QED) is 0.246. The molecule has 0 aromatic heterocycles. The molecule has 1 fully saturated rings. The highest BCUT2D eigenvalue weighted by Crippen LogP contribution is 2.40. The van der Waals surface area contributed by atoms with E-state index >= 15 is 0 Å². The molecule has 0 saturated carbocycles. The molecular formula is C25H34N2O8S2. The number of rotatable bonds is 4. The predicted molar refractivity (Wildman–Crippen MR) is 140 cm³/mol. The molecule has 3 N–H and O–H groups in total. The van der Waals surface area contributed by atoms with E-state index in [-0.39, 0.29) is 21.9 Å². The molecule has 0 bridgehead atoms. The van der Waals surface area contributed by atoms with Crippen LogP contribution in [0.15, 0.2) is 52.6 Å². The Kier molecular flexibility index (Phi) is 9.40. The fraction of sp³-hybridized carbons (Fsp3) is 0.480. The van der Waals surface area contributed by atoms with Crippen molar-refractivity contribution in [1.29, 1.82) is 0 Å². The van der Waals surface area contributed by atoms with Crippen molar-refractivity contribution in [3.8, 4) is 0 Å². The number of aryl methyl sites for hydroxylation is 1. The molecule has 2 aliphatic rings. The maximum atomic E-state index is 12.7. The van der Waals surface area contributed by atoms with E-state index in [4.69, 9.17) is 19.8 Å². The molecule has 2 aliphatic heterocycles. The van der Waals surface area contributed by atoms with Crippen LogP contribution in [0.5, 0.6) is 0 Å². The number of nitrogens with zero attached hydrogens (tertiary/aromatic N) is 1. The summed E-state index contributed by atoms with van der Waals surface area (Å²) in [6, 6.07) is 5.36. The van der Waals surface area contributed by atoms with E-state index < -0.39 is 39.3 Å². The first kappa shape index (κ1) is 30.6. The molecule has 37 heavy (non-hydrogen) atoms. The molecule has 0 spiro atoms. The maximum absolute atomic E-state index is 12.7. The van der Waals surface area contributed by atoms with Gasteiger partial charge in [0.2, 0.25) is 5.91 Å². The number of carbonyl (C=O) groups excluding carboxylic acids is 3. The van der Waals surface area contributed by atoms with Crippen LogP contribution < -0.4 is 5.73 Å². The fourth-order valence-corrected chi connectivity index (χ4v) is 4.94. The van der Waals surface area contributed by atoms with Gasteiger partial charge in [-0.05, 0) is 72.2 Å². The number of hydrogen-bond donors (Lipinski definition) is 2. The van der Waals surface area contributed by atoms with Gasteiger partial charge in [0, 0.05) is 11.8 Å². The third kappa shape index (κ3) is 8.70. The van der Waals surface area contributed by atoms with E-state index in [0.29, 0.717) is 11.3 Å². The minimum Gasteiger partial charge on any atom is -0.457 e. The molecule has 1 aromatic carbocycles. The van der Waals surface area contributed by atoms with Crippen LogP contribution in [-0.2, 0) is 34.0 Å². The fourth-order valence-electron chi connectivity index (χ4n) is 3.20. The van der Waals surface area contributed by atoms with Gasteiger partial charge < -0.3 is 15.2 Å². The van der Waals surface area contributed by atoms with Gasteiger partial charge in [-0.3, -0.25) is 14.2 Å². The minimum absolute atomic E-state index is 0.0666. The van der Waals surface area contributed by atoms with Crippen LogP contribution in [0.1, 0.15) is 47.1 Å². The summed E-state index contributed by atoms with van der Waals surface area (Å²) in [5.41, 5.74) is 6.14. The Bertz CT molecular complexity index is 1210. The SMILES string of the molecule is CC(C)(C)OC(=O)C=CC1=C(C(=O)OC(C)(C)C)N2C(=O)C(N)[C@H]2SC1.Cc1ccc(S(=O)(=O)O)cc1. The average molecular weight is 555 g/mol. The number of allylic oxidation sites excluding steroid dienone is 1. The maximum Gasteiger partial charge on any atom is 0.355 e. The van der Waals surface area contributed by atoms with E-state index in [1.54, 1.807) is 53.7 Å². The van der Waals surface area contributed by atoms with Crippen LogP contribution >= 0.6 is 11.8 Å². The number of fused-ring (bicyclic) bond motifs is 1.